The maximum atomic E-state index is 12.5. The number of hydrogen-bond acceptors (Lipinski definition) is 3. The number of likely N-dealkylation sites (tertiary alicyclic amines) is 2. The van der Waals surface area contributed by atoms with Gasteiger partial charge in [0.05, 0.1) is 5.60 Å². The van der Waals surface area contributed by atoms with Crippen molar-refractivity contribution < 1.29 is 9.53 Å². The zero-order valence-corrected chi connectivity index (χ0v) is 18.4. The van der Waals surface area contributed by atoms with Crippen molar-refractivity contribution in [1.82, 2.24) is 9.80 Å². The molecule has 0 aromatic heterocycles. The Labute approximate surface area is 176 Å². The summed E-state index contributed by atoms with van der Waals surface area (Å²) in [4.78, 5) is 17.4. The number of piperidine rings is 2. The summed E-state index contributed by atoms with van der Waals surface area (Å²) in [5.41, 5.74) is 1.73. The molecule has 3 fully saturated rings. The standard InChI is InChI=1S/C25H38N2O2/c1-24(2)18-22(10-17-29-24)19-26-15-12-25(13-16-26)11-8-23(28)27(20-25)14-9-21-6-4-3-5-7-21/h3-7,22H,8-20H2,1-2H3/t22-/m1/s1. The lowest BCUT2D eigenvalue weighted by Crippen LogP contribution is -2.52. The molecule has 1 aromatic rings. The largest absolute Gasteiger partial charge is 0.376 e. The Balaban J connectivity index is 1.27. The van der Waals surface area contributed by atoms with Crippen LogP contribution < -0.4 is 0 Å². The molecule has 0 radical (unpaired) electrons. The first-order chi connectivity index (χ1) is 13.9. The SMILES string of the molecule is CC1(C)C[C@H](CN2CCC3(CCC(=O)N(CCc4ccccc4)C3)CC2)CCO1. The predicted molar refractivity (Wildman–Crippen MR) is 117 cm³/mol. The molecule has 1 amide bonds. The van der Waals surface area contributed by atoms with Crippen molar-refractivity contribution in [1.29, 1.82) is 0 Å². The van der Waals surface area contributed by atoms with Gasteiger partial charge in [-0.05, 0) is 82.4 Å². The zero-order chi connectivity index (χ0) is 20.3. The minimum atomic E-state index is 0.0446. The Morgan fingerprint density at radius 3 is 2.59 bits per heavy atom. The number of rotatable bonds is 5. The highest BCUT2D eigenvalue weighted by atomic mass is 16.5. The topological polar surface area (TPSA) is 32.8 Å². The van der Waals surface area contributed by atoms with E-state index >= 15 is 0 Å². The molecule has 0 bridgehead atoms. The highest BCUT2D eigenvalue weighted by Crippen LogP contribution is 2.41. The second-order valence-corrected chi connectivity index (χ2v) is 10.3. The van der Waals surface area contributed by atoms with Gasteiger partial charge >= 0.3 is 0 Å². The van der Waals surface area contributed by atoms with Gasteiger partial charge in [0.25, 0.3) is 0 Å². The average molecular weight is 399 g/mol. The summed E-state index contributed by atoms with van der Waals surface area (Å²) in [6.45, 7) is 10.8. The lowest BCUT2D eigenvalue weighted by molar-refractivity contribution is -0.139. The monoisotopic (exact) mass is 398 g/mol. The van der Waals surface area contributed by atoms with Gasteiger partial charge < -0.3 is 14.5 Å². The number of carbonyl (C=O) groups excluding carboxylic acids is 1. The highest BCUT2D eigenvalue weighted by molar-refractivity contribution is 5.77. The molecule has 29 heavy (non-hydrogen) atoms. The second-order valence-electron chi connectivity index (χ2n) is 10.3. The van der Waals surface area contributed by atoms with Crippen molar-refractivity contribution in [2.24, 2.45) is 11.3 Å². The van der Waals surface area contributed by atoms with Crippen LogP contribution in [0.3, 0.4) is 0 Å². The summed E-state index contributed by atoms with van der Waals surface area (Å²) in [7, 11) is 0. The van der Waals surface area contributed by atoms with Gasteiger partial charge in [0.2, 0.25) is 5.91 Å². The third kappa shape index (κ3) is 5.40. The normalized spacial score (nSPS) is 27.3. The molecule has 3 heterocycles. The molecule has 0 aliphatic carbocycles. The van der Waals surface area contributed by atoms with Gasteiger partial charge in [0, 0.05) is 32.7 Å². The van der Waals surface area contributed by atoms with E-state index in [1.165, 1.54) is 50.9 Å². The Bertz CT molecular complexity index is 679. The molecule has 4 rings (SSSR count). The summed E-state index contributed by atoms with van der Waals surface area (Å²) in [6.07, 6.45) is 7.66. The van der Waals surface area contributed by atoms with Crippen molar-refractivity contribution in [2.75, 3.05) is 39.3 Å². The fourth-order valence-electron chi connectivity index (χ4n) is 5.71. The van der Waals surface area contributed by atoms with E-state index in [1.54, 1.807) is 0 Å². The molecular formula is C25H38N2O2. The van der Waals surface area contributed by atoms with E-state index in [-0.39, 0.29) is 5.60 Å². The molecule has 0 unspecified atom stereocenters. The van der Waals surface area contributed by atoms with E-state index in [9.17, 15) is 4.79 Å². The Morgan fingerprint density at radius 2 is 1.86 bits per heavy atom. The Kier molecular flexibility index (Phi) is 6.31. The highest BCUT2D eigenvalue weighted by Gasteiger charge is 2.41. The molecule has 1 aromatic carbocycles. The number of hydrogen-bond donors (Lipinski definition) is 0. The zero-order valence-electron chi connectivity index (χ0n) is 18.4. The van der Waals surface area contributed by atoms with Crippen LogP contribution >= 0.6 is 0 Å². The van der Waals surface area contributed by atoms with E-state index in [1.807, 2.05) is 0 Å². The van der Waals surface area contributed by atoms with Crippen molar-refractivity contribution in [2.45, 2.75) is 64.4 Å². The Morgan fingerprint density at radius 1 is 1.10 bits per heavy atom. The Hall–Kier alpha value is -1.39. The number of nitrogens with zero attached hydrogens (tertiary/aromatic N) is 2. The molecule has 4 heteroatoms. The molecule has 1 spiro atoms. The third-order valence-corrected chi connectivity index (χ3v) is 7.49. The summed E-state index contributed by atoms with van der Waals surface area (Å²) in [5.74, 6) is 1.13. The van der Waals surface area contributed by atoms with Gasteiger partial charge in [0.1, 0.15) is 0 Å². The maximum Gasteiger partial charge on any atom is 0.222 e. The third-order valence-electron chi connectivity index (χ3n) is 7.49. The summed E-state index contributed by atoms with van der Waals surface area (Å²) in [5, 5.41) is 0. The summed E-state index contributed by atoms with van der Waals surface area (Å²) < 4.78 is 5.90. The molecule has 3 aliphatic rings. The average Bonchev–Trinajstić information content (AvgIpc) is 2.71. The minimum absolute atomic E-state index is 0.0446. The fourth-order valence-corrected chi connectivity index (χ4v) is 5.71. The molecule has 3 aliphatic heterocycles. The minimum Gasteiger partial charge on any atom is -0.376 e. The van der Waals surface area contributed by atoms with E-state index in [2.05, 4.69) is 54.0 Å². The maximum absolute atomic E-state index is 12.5. The van der Waals surface area contributed by atoms with Crippen LogP contribution in [-0.2, 0) is 16.0 Å². The first kappa shape index (κ1) is 20.9. The summed E-state index contributed by atoms with van der Waals surface area (Å²) >= 11 is 0. The van der Waals surface area contributed by atoms with Gasteiger partial charge in [-0.1, -0.05) is 30.3 Å². The molecule has 3 saturated heterocycles. The lowest BCUT2D eigenvalue weighted by Gasteiger charge is -2.48. The van der Waals surface area contributed by atoms with Crippen molar-refractivity contribution in [3.05, 3.63) is 35.9 Å². The van der Waals surface area contributed by atoms with Crippen molar-refractivity contribution in [3.63, 3.8) is 0 Å². The van der Waals surface area contributed by atoms with Gasteiger partial charge in [0.15, 0.2) is 0 Å². The second kappa shape index (κ2) is 8.77. The number of ether oxygens (including phenoxy) is 1. The first-order valence-corrected chi connectivity index (χ1v) is 11.6. The predicted octanol–water partition coefficient (Wildman–Crippen LogP) is 4.14. The van der Waals surface area contributed by atoms with Crippen LogP contribution in [0.25, 0.3) is 0 Å². The van der Waals surface area contributed by atoms with E-state index in [0.29, 0.717) is 11.3 Å². The van der Waals surface area contributed by atoms with Crippen LogP contribution in [0.1, 0.15) is 57.9 Å². The first-order valence-electron chi connectivity index (χ1n) is 11.6. The van der Waals surface area contributed by atoms with Crippen LogP contribution in [0.4, 0.5) is 0 Å². The van der Waals surface area contributed by atoms with Crippen molar-refractivity contribution in [3.8, 4) is 0 Å². The molecular weight excluding hydrogens is 360 g/mol. The summed E-state index contributed by atoms with van der Waals surface area (Å²) in [6, 6.07) is 10.6. The quantitative estimate of drug-likeness (QED) is 0.747. The number of benzene rings is 1. The number of carbonyl (C=O) groups is 1. The van der Waals surface area contributed by atoms with Gasteiger partial charge in [-0.25, -0.2) is 0 Å². The van der Waals surface area contributed by atoms with Gasteiger partial charge in [-0.2, -0.15) is 0 Å². The molecule has 0 N–H and O–H groups in total. The number of amides is 1. The molecule has 160 valence electrons. The molecule has 4 nitrogen and oxygen atoms in total. The van der Waals surface area contributed by atoms with Crippen molar-refractivity contribution >= 4 is 5.91 Å². The van der Waals surface area contributed by atoms with Crippen LogP contribution in [-0.4, -0.2) is 60.6 Å². The van der Waals surface area contributed by atoms with Crippen LogP contribution in [0.2, 0.25) is 0 Å². The van der Waals surface area contributed by atoms with Crippen LogP contribution in [0, 0.1) is 11.3 Å². The van der Waals surface area contributed by atoms with E-state index in [4.69, 9.17) is 4.74 Å². The molecule has 0 saturated carbocycles. The van der Waals surface area contributed by atoms with Crippen LogP contribution in [0.5, 0.6) is 0 Å². The van der Waals surface area contributed by atoms with E-state index in [0.717, 1.165) is 44.9 Å². The molecule has 1 atom stereocenters. The van der Waals surface area contributed by atoms with E-state index < -0.39 is 0 Å². The lowest BCUT2D eigenvalue weighted by atomic mass is 9.72. The van der Waals surface area contributed by atoms with Gasteiger partial charge in [-0.15, -0.1) is 0 Å². The smallest absolute Gasteiger partial charge is 0.222 e. The fraction of sp³-hybridized carbons (Fsp3) is 0.720. The van der Waals surface area contributed by atoms with Crippen LogP contribution in [0.15, 0.2) is 30.3 Å². The van der Waals surface area contributed by atoms with Gasteiger partial charge in [-0.3, -0.25) is 4.79 Å².